The fourth-order valence-electron chi connectivity index (χ4n) is 2.13. The number of primary amides is 1. The first kappa shape index (κ1) is 13.4. The molecule has 7 nitrogen and oxygen atoms in total. The van der Waals surface area contributed by atoms with Crippen LogP contribution in [0.15, 0.2) is 9.32 Å². The number of fused-ring (bicyclic) bond motifs is 3. The first-order valence-corrected chi connectivity index (χ1v) is 8.20. The van der Waals surface area contributed by atoms with Gasteiger partial charge in [-0.05, 0) is 35.5 Å². The first-order chi connectivity index (χ1) is 9.72. The number of carbonyl (C=O) groups excluding carboxylic acids is 1. The largest absolute Gasteiger partial charge is 0.365 e. The first-order valence-electron chi connectivity index (χ1n) is 5.63. The van der Waals surface area contributed by atoms with Crippen LogP contribution in [0, 0.1) is 0 Å². The molecule has 2 N–H and O–H groups in total. The van der Waals surface area contributed by atoms with E-state index in [1.165, 1.54) is 34.6 Å². The van der Waals surface area contributed by atoms with Crippen LogP contribution >= 0.6 is 34.6 Å². The van der Waals surface area contributed by atoms with E-state index < -0.39 is 5.91 Å². The molecule has 102 valence electrons. The fourth-order valence-corrected chi connectivity index (χ4v) is 5.23. The highest BCUT2D eigenvalue weighted by molar-refractivity contribution is 8.01. The van der Waals surface area contributed by atoms with E-state index in [4.69, 9.17) is 11.3 Å². The zero-order chi connectivity index (χ0) is 14.1. The van der Waals surface area contributed by atoms with Crippen molar-refractivity contribution in [2.75, 3.05) is 5.88 Å². The van der Waals surface area contributed by atoms with Crippen molar-refractivity contribution in [1.29, 1.82) is 0 Å². The number of thioether (sulfide) groups is 1. The quantitative estimate of drug-likeness (QED) is 0.402. The lowest BCUT2D eigenvalue weighted by atomic mass is 9.96. The number of thiophene rings is 1. The average Bonchev–Trinajstić information content (AvgIpc) is 3.02. The van der Waals surface area contributed by atoms with Gasteiger partial charge in [-0.3, -0.25) is 4.79 Å². The van der Waals surface area contributed by atoms with E-state index >= 15 is 0 Å². The standard InChI is InChI=1S/C10H8N6OS3/c11-9(17)7-4-1-2-5-8(20-16-14-5)6(4)10(19-7)18-3-13-15-12/h1-3H2,(H2,11,17). The van der Waals surface area contributed by atoms with Gasteiger partial charge in [-0.15, -0.1) is 28.2 Å². The second kappa shape index (κ2) is 5.41. The number of carbonyl (C=O) groups is 1. The van der Waals surface area contributed by atoms with Gasteiger partial charge in [0.05, 0.1) is 25.5 Å². The van der Waals surface area contributed by atoms with Gasteiger partial charge in [0.2, 0.25) is 0 Å². The predicted octanol–water partition coefficient (Wildman–Crippen LogP) is 2.82. The highest BCUT2D eigenvalue weighted by Gasteiger charge is 2.29. The van der Waals surface area contributed by atoms with Gasteiger partial charge >= 0.3 is 0 Å². The molecule has 0 unspecified atom stereocenters. The molecule has 0 saturated heterocycles. The van der Waals surface area contributed by atoms with Crippen LogP contribution in [0.25, 0.3) is 20.9 Å². The van der Waals surface area contributed by atoms with Crippen LogP contribution in [0.3, 0.4) is 0 Å². The van der Waals surface area contributed by atoms with Crippen molar-refractivity contribution >= 4 is 40.5 Å². The second-order valence-corrected chi connectivity index (χ2v) is 6.98. The highest BCUT2D eigenvalue weighted by Crippen LogP contribution is 2.47. The van der Waals surface area contributed by atoms with Gasteiger partial charge in [-0.1, -0.05) is 9.60 Å². The van der Waals surface area contributed by atoms with E-state index in [1.54, 1.807) is 0 Å². The predicted molar refractivity (Wildman–Crippen MR) is 79.0 cm³/mol. The Kier molecular flexibility index (Phi) is 3.62. The van der Waals surface area contributed by atoms with Crippen molar-refractivity contribution in [2.45, 2.75) is 17.1 Å². The van der Waals surface area contributed by atoms with Crippen molar-refractivity contribution in [2.24, 2.45) is 10.8 Å². The van der Waals surface area contributed by atoms with Gasteiger partial charge in [0, 0.05) is 10.5 Å². The molecular weight excluding hydrogens is 316 g/mol. The Labute approximate surface area is 126 Å². The van der Waals surface area contributed by atoms with Gasteiger partial charge < -0.3 is 5.73 Å². The van der Waals surface area contributed by atoms with Gasteiger partial charge in [0.15, 0.2) is 0 Å². The molecule has 2 aromatic heterocycles. The zero-order valence-electron chi connectivity index (χ0n) is 10.1. The maximum atomic E-state index is 11.6. The number of aryl methyl sites for hydroxylation is 1. The van der Waals surface area contributed by atoms with Crippen LogP contribution in [0.2, 0.25) is 0 Å². The Bertz CT molecular complexity index is 729. The number of aromatic nitrogens is 2. The van der Waals surface area contributed by atoms with Gasteiger partial charge in [0.1, 0.15) is 0 Å². The maximum Gasteiger partial charge on any atom is 0.259 e. The minimum absolute atomic E-state index is 0.281. The fraction of sp³-hybridized carbons (Fsp3) is 0.300. The second-order valence-electron chi connectivity index (χ2n) is 3.99. The summed E-state index contributed by atoms with van der Waals surface area (Å²) in [4.78, 5) is 15.9. The van der Waals surface area contributed by atoms with Gasteiger partial charge in [0.25, 0.3) is 5.91 Å². The van der Waals surface area contributed by atoms with Crippen LogP contribution in [0.1, 0.15) is 20.9 Å². The normalized spacial score (nSPS) is 12.4. The molecule has 10 heteroatoms. The van der Waals surface area contributed by atoms with E-state index in [9.17, 15) is 4.79 Å². The van der Waals surface area contributed by atoms with E-state index in [0.29, 0.717) is 4.88 Å². The van der Waals surface area contributed by atoms with Crippen LogP contribution in [0.5, 0.6) is 0 Å². The Balaban J connectivity index is 2.12. The van der Waals surface area contributed by atoms with Crippen molar-refractivity contribution in [3.05, 3.63) is 26.6 Å². The van der Waals surface area contributed by atoms with Crippen molar-refractivity contribution in [1.82, 2.24) is 9.59 Å². The SMILES string of the molecule is [N-]=[N+]=NCSc1sc(C(N)=O)c2c1-c1snnc1CC2. The third-order valence-electron chi connectivity index (χ3n) is 2.91. The summed E-state index contributed by atoms with van der Waals surface area (Å²) >= 11 is 4.09. The lowest BCUT2D eigenvalue weighted by molar-refractivity contribution is 0.100. The lowest BCUT2D eigenvalue weighted by Gasteiger charge is -2.12. The Morgan fingerprint density at radius 3 is 3.15 bits per heavy atom. The Hall–Kier alpha value is -1.61. The smallest absolute Gasteiger partial charge is 0.259 e. The molecule has 0 aliphatic heterocycles. The maximum absolute atomic E-state index is 11.6. The molecule has 0 bridgehead atoms. The monoisotopic (exact) mass is 324 g/mol. The molecule has 0 aromatic carbocycles. The molecule has 1 aliphatic rings. The molecule has 0 saturated carbocycles. The lowest BCUT2D eigenvalue weighted by Crippen LogP contribution is -2.13. The number of nitrogens with two attached hydrogens (primary N) is 1. The van der Waals surface area contributed by atoms with Gasteiger partial charge in [-0.25, -0.2) is 0 Å². The molecule has 0 radical (unpaired) electrons. The Morgan fingerprint density at radius 2 is 2.40 bits per heavy atom. The van der Waals surface area contributed by atoms with Crippen molar-refractivity contribution < 1.29 is 4.79 Å². The molecule has 0 spiro atoms. The van der Waals surface area contributed by atoms with Crippen molar-refractivity contribution in [3.8, 4) is 10.4 Å². The topological polar surface area (TPSA) is 118 Å². The number of hydrogen-bond acceptors (Lipinski definition) is 7. The average molecular weight is 324 g/mol. The third kappa shape index (κ3) is 2.16. The molecule has 0 atom stereocenters. The molecule has 1 aliphatic carbocycles. The number of rotatable bonds is 4. The Morgan fingerprint density at radius 1 is 1.55 bits per heavy atom. The summed E-state index contributed by atoms with van der Waals surface area (Å²) in [6.45, 7) is 0. The van der Waals surface area contributed by atoms with E-state index in [1.807, 2.05) is 0 Å². The minimum atomic E-state index is -0.414. The molecule has 0 fully saturated rings. The molecule has 2 heterocycles. The summed E-state index contributed by atoms with van der Waals surface area (Å²) in [6, 6.07) is 0. The summed E-state index contributed by atoms with van der Waals surface area (Å²) in [7, 11) is 0. The minimum Gasteiger partial charge on any atom is -0.365 e. The number of azide groups is 1. The molecule has 20 heavy (non-hydrogen) atoms. The molecule has 3 rings (SSSR count). The number of amides is 1. The number of hydrogen-bond donors (Lipinski definition) is 1. The highest BCUT2D eigenvalue weighted by atomic mass is 32.2. The molecule has 2 aromatic rings. The van der Waals surface area contributed by atoms with E-state index in [-0.39, 0.29) is 5.88 Å². The summed E-state index contributed by atoms with van der Waals surface area (Å²) in [6.07, 6.45) is 1.51. The summed E-state index contributed by atoms with van der Waals surface area (Å²) in [5, 5.41) is 7.63. The van der Waals surface area contributed by atoms with E-state index in [0.717, 1.165) is 38.7 Å². The summed E-state index contributed by atoms with van der Waals surface area (Å²) in [5.41, 5.74) is 16.7. The van der Waals surface area contributed by atoms with Gasteiger partial charge in [-0.2, -0.15) is 0 Å². The van der Waals surface area contributed by atoms with Crippen LogP contribution in [-0.4, -0.2) is 21.4 Å². The van der Waals surface area contributed by atoms with E-state index in [2.05, 4.69) is 19.6 Å². The number of nitrogens with zero attached hydrogens (tertiary/aromatic N) is 5. The van der Waals surface area contributed by atoms with Crippen molar-refractivity contribution in [3.63, 3.8) is 0 Å². The zero-order valence-corrected chi connectivity index (χ0v) is 12.5. The van der Waals surface area contributed by atoms with Crippen LogP contribution in [0.4, 0.5) is 0 Å². The molecule has 1 amide bonds. The summed E-state index contributed by atoms with van der Waals surface area (Å²) < 4.78 is 4.92. The van der Waals surface area contributed by atoms with Crippen LogP contribution in [-0.2, 0) is 12.8 Å². The summed E-state index contributed by atoms with van der Waals surface area (Å²) in [5.74, 6) is -0.133. The molecular formula is C10H8N6OS3. The third-order valence-corrected chi connectivity index (χ3v) is 6.05. The van der Waals surface area contributed by atoms with Crippen LogP contribution < -0.4 is 5.73 Å².